The molecule has 0 saturated carbocycles. The number of aliphatic carboxylic acids is 1. The van der Waals surface area contributed by atoms with Crippen molar-refractivity contribution in [1.82, 2.24) is 0 Å². The molecule has 0 aromatic heterocycles. The predicted molar refractivity (Wildman–Crippen MR) is 81.2 cm³/mol. The van der Waals surface area contributed by atoms with Gasteiger partial charge in [0.15, 0.2) is 11.5 Å². The molecule has 2 aromatic rings. The molecule has 21 heavy (non-hydrogen) atoms. The molecule has 0 fully saturated rings. The lowest BCUT2D eigenvalue weighted by molar-refractivity contribution is -0.131. The van der Waals surface area contributed by atoms with Gasteiger partial charge < -0.3 is 14.6 Å². The highest BCUT2D eigenvalue weighted by molar-refractivity contribution is 6.32. The minimum absolute atomic E-state index is 0.440. The molecule has 0 aliphatic carbocycles. The first-order valence-corrected chi connectivity index (χ1v) is 6.50. The summed E-state index contributed by atoms with van der Waals surface area (Å²) >= 11 is 6.05. The summed E-state index contributed by atoms with van der Waals surface area (Å²) in [4.78, 5) is 10.6. The Morgan fingerprint density at radius 3 is 2.52 bits per heavy atom. The third kappa shape index (κ3) is 3.77. The summed E-state index contributed by atoms with van der Waals surface area (Å²) in [6.45, 7) is 0. The molecule has 0 saturated heterocycles. The number of hydrogen-bond acceptors (Lipinski definition) is 3. The Kier molecular flexibility index (Phi) is 4.85. The van der Waals surface area contributed by atoms with Crippen molar-refractivity contribution in [3.63, 3.8) is 0 Å². The summed E-state index contributed by atoms with van der Waals surface area (Å²) in [7, 11) is 1.49. The van der Waals surface area contributed by atoms with Gasteiger partial charge in [0.25, 0.3) is 0 Å². The second kappa shape index (κ2) is 6.81. The first kappa shape index (κ1) is 14.9. The van der Waals surface area contributed by atoms with Gasteiger partial charge in [-0.25, -0.2) is 4.79 Å². The number of para-hydroxylation sites is 2. The summed E-state index contributed by atoms with van der Waals surface area (Å²) in [6.07, 6.45) is 2.48. The smallest absolute Gasteiger partial charge is 0.328 e. The van der Waals surface area contributed by atoms with Crippen molar-refractivity contribution in [3.8, 4) is 17.2 Å². The highest BCUT2D eigenvalue weighted by Crippen LogP contribution is 2.37. The maximum atomic E-state index is 10.6. The molecule has 0 spiro atoms. The van der Waals surface area contributed by atoms with Gasteiger partial charge in [-0.2, -0.15) is 0 Å². The van der Waals surface area contributed by atoms with Crippen LogP contribution in [-0.2, 0) is 4.79 Å². The van der Waals surface area contributed by atoms with Crippen LogP contribution in [0, 0.1) is 0 Å². The van der Waals surface area contributed by atoms with E-state index in [0.29, 0.717) is 27.8 Å². The van der Waals surface area contributed by atoms with E-state index in [1.165, 1.54) is 13.2 Å². The van der Waals surface area contributed by atoms with Crippen LogP contribution in [0.2, 0.25) is 5.02 Å². The quantitative estimate of drug-likeness (QED) is 0.839. The fraction of sp³-hybridized carbons (Fsp3) is 0.0625. The molecule has 0 aliphatic heterocycles. The van der Waals surface area contributed by atoms with Crippen molar-refractivity contribution in [2.24, 2.45) is 0 Å². The summed E-state index contributed by atoms with van der Waals surface area (Å²) in [6, 6.07) is 12.3. The Balaban J connectivity index is 2.38. The van der Waals surface area contributed by atoms with E-state index >= 15 is 0 Å². The summed E-state index contributed by atoms with van der Waals surface area (Å²) < 4.78 is 11.0. The van der Waals surface area contributed by atoms with Crippen LogP contribution in [0.4, 0.5) is 0 Å². The van der Waals surface area contributed by atoms with Crippen molar-refractivity contribution in [1.29, 1.82) is 0 Å². The van der Waals surface area contributed by atoms with Crippen LogP contribution in [-0.4, -0.2) is 18.2 Å². The van der Waals surface area contributed by atoms with Crippen LogP contribution < -0.4 is 9.47 Å². The van der Waals surface area contributed by atoms with E-state index in [-0.39, 0.29) is 0 Å². The SMILES string of the molecule is COc1c(C=CC(=O)O)cccc1Oc1ccccc1Cl. The van der Waals surface area contributed by atoms with Gasteiger partial charge in [0.2, 0.25) is 0 Å². The van der Waals surface area contributed by atoms with Crippen LogP contribution in [0.25, 0.3) is 6.08 Å². The lowest BCUT2D eigenvalue weighted by Crippen LogP contribution is -1.94. The molecule has 1 N–H and O–H groups in total. The second-order valence-corrected chi connectivity index (χ2v) is 4.49. The van der Waals surface area contributed by atoms with Gasteiger partial charge in [-0.1, -0.05) is 35.9 Å². The van der Waals surface area contributed by atoms with E-state index in [9.17, 15) is 4.79 Å². The lowest BCUT2D eigenvalue weighted by atomic mass is 10.1. The average molecular weight is 305 g/mol. The van der Waals surface area contributed by atoms with Gasteiger partial charge in [-0.05, 0) is 24.3 Å². The number of carboxylic acid groups (broad SMARTS) is 1. The van der Waals surface area contributed by atoms with Crippen LogP contribution in [0.5, 0.6) is 17.2 Å². The van der Waals surface area contributed by atoms with E-state index < -0.39 is 5.97 Å². The van der Waals surface area contributed by atoms with E-state index in [0.717, 1.165) is 6.08 Å². The second-order valence-electron chi connectivity index (χ2n) is 4.08. The van der Waals surface area contributed by atoms with Crippen molar-refractivity contribution in [2.75, 3.05) is 7.11 Å². The van der Waals surface area contributed by atoms with E-state index in [4.69, 9.17) is 26.2 Å². The number of carboxylic acids is 1. The van der Waals surface area contributed by atoms with Crippen LogP contribution in [0.3, 0.4) is 0 Å². The first-order chi connectivity index (χ1) is 10.1. The Hall–Kier alpha value is -2.46. The molecule has 0 amide bonds. The number of benzene rings is 2. The van der Waals surface area contributed by atoms with E-state index in [1.807, 2.05) is 6.07 Å². The Morgan fingerprint density at radius 1 is 1.14 bits per heavy atom. The average Bonchev–Trinajstić information content (AvgIpc) is 2.47. The maximum absolute atomic E-state index is 10.6. The van der Waals surface area contributed by atoms with Gasteiger partial charge in [-0.15, -0.1) is 0 Å². The fourth-order valence-corrected chi connectivity index (χ4v) is 1.94. The molecule has 0 heterocycles. The first-order valence-electron chi connectivity index (χ1n) is 6.12. The summed E-state index contributed by atoms with van der Waals surface area (Å²) in [5.41, 5.74) is 0.601. The molecule has 0 unspecified atom stereocenters. The molecule has 0 bridgehead atoms. The minimum atomic E-state index is -1.03. The molecule has 0 aliphatic rings. The molecule has 2 rings (SSSR count). The lowest BCUT2D eigenvalue weighted by Gasteiger charge is -2.13. The summed E-state index contributed by atoms with van der Waals surface area (Å²) in [5, 5.41) is 9.18. The molecule has 4 nitrogen and oxygen atoms in total. The zero-order chi connectivity index (χ0) is 15.2. The van der Waals surface area contributed by atoms with Crippen LogP contribution in [0.1, 0.15) is 5.56 Å². The number of carbonyl (C=O) groups is 1. The van der Waals surface area contributed by atoms with Crippen molar-refractivity contribution >= 4 is 23.6 Å². The fourth-order valence-electron chi connectivity index (χ4n) is 1.77. The van der Waals surface area contributed by atoms with E-state index in [2.05, 4.69) is 0 Å². The zero-order valence-electron chi connectivity index (χ0n) is 11.2. The third-order valence-electron chi connectivity index (χ3n) is 2.68. The highest BCUT2D eigenvalue weighted by Gasteiger charge is 2.11. The molecule has 0 atom stereocenters. The number of rotatable bonds is 5. The molecular weight excluding hydrogens is 292 g/mol. The third-order valence-corrected chi connectivity index (χ3v) is 2.99. The van der Waals surface area contributed by atoms with Gasteiger partial charge in [0.05, 0.1) is 12.1 Å². The van der Waals surface area contributed by atoms with Gasteiger partial charge in [0.1, 0.15) is 5.75 Å². The zero-order valence-corrected chi connectivity index (χ0v) is 12.0. The monoisotopic (exact) mass is 304 g/mol. The van der Waals surface area contributed by atoms with E-state index in [1.54, 1.807) is 36.4 Å². The van der Waals surface area contributed by atoms with Crippen LogP contribution in [0.15, 0.2) is 48.5 Å². The molecule has 5 heteroatoms. The summed E-state index contributed by atoms with van der Waals surface area (Å²) in [5.74, 6) is 0.361. The van der Waals surface area contributed by atoms with Crippen LogP contribution >= 0.6 is 11.6 Å². The Labute approximate surface area is 127 Å². The van der Waals surface area contributed by atoms with Crippen molar-refractivity contribution < 1.29 is 19.4 Å². The Bertz CT molecular complexity index is 680. The number of ether oxygens (including phenoxy) is 2. The number of halogens is 1. The predicted octanol–water partition coefficient (Wildman–Crippen LogP) is 4.24. The molecule has 2 aromatic carbocycles. The van der Waals surface area contributed by atoms with Crippen molar-refractivity contribution in [2.45, 2.75) is 0 Å². The molecular formula is C16H13ClO4. The van der Waals surface area contributed by atoms with Crippen molar-refractivity contribution in [3.05, 3.63) is 59.1 Å². The normalized spacial score (nSPS) is 10.6. The maximum Gasteiger partial charge on any atom is 0.328 e. The van der Waals surface area contributed by atoms with Gasteiger partial charge >= 0.3 is 5.97 Å². The standard InChI is InChI=1S/C16H13ClO4/c1-20-16-11(9-10-15(18)19)5-4-8-14(16)21-13-7-3-2-6-12(13)17/h2-10H,1H3,(H,18,19). The number of methoxy groups -OCH3 is 1. The molecule has 0 radical (unpaired) electrons. The highest BCUT2D eigenvalue weighted by atomic mass is 35.5. The minimum Gasteiger partial charge on any atom is -0.492 e. The largest absolute Gasteiger partial charge is 0.492 e. The van der Waals surface area contributed by atoms with Gasteiger partial charge in [0, 0.05) is 11.6 Å². The van der Waals surface area contributed by atoms with Gasteiger partial charge in [-0.3, -0.25) is 0 Å². The number of hydrogen-bond donors (Lipinski definition) is 1. The molecule has 108 valence electrons. The Morgan fingerprint density at radius 2 is 1.86 bits per heavy atom. The topological polar surface area (TPSA) is 55.8 Å².